The molecule has 0 spiro atoms. The average Bonchev–Trinajstić information content (AvgIpc) is 2.76. The van der Waals surface area contributed by atoms with Crippen LogP contribution in [0.4, 0.5) is 4.39 Å². The molecule has 2 aromatic rings. The van der Waals surface area contributed by atoms with Gasteiger partial charge in [-0.1, -0.05) is 22.9 Å². The van der Waals surface area contributed by atoms with Crippen LogP contribution in [0.15, 0.2) is 34.8 Å². The Labute approximate surface area is 118 Å². The molecule has 0 atom stereocenters. The van der Waals surface area contributed by atoms with Crippen LogP contribution in [0.3, 0.4) is 0 Å². The van der Waals surface area contributed by atoms with Crippen molar-refractivity contribution in [3.05, 3.63) is 46.3 Å². The molecule has 0 aliphatic carbocycles. The van der Waals surface area contributed by atoms with Gasteiger partial charge < -0.3 is 9.67 Å². The van der Waals surface area contributed by atoms with Crippen LogP contribution in [-0.2, 0) is 6.54 Å². The van der Waals surface area contributed by atoms with Gasteiger partial charge >= 0.3 is 5.97 Å². The molecule has 100 valence electrons. The van der Waals surface area contributed by atoms with E-state index in [0.717, 1.165) is 10.9 Å². The molecule has 0 aliphatic rings. The molecule has 5 heteroatoms. The summed E-state index contributed by atoms with van der Waals surface area (Å²) in [6.45, 7) is 2.54. The van der Waals surface area contributed by atoms with Crippen molar-refractivity contribution in [1.82, 2.24) is 4.57 Å². The minimum absolute atomic E-state index is 0.216. The van der Waals surface area contributed by atoms with Gasteiger partial charge in [0.15, 0.2) is 0 Å². The van der Waals surface area contributed by atoms with Crippen molar-refractivity contribution >= 4 is 21.9 Å². The van der Waals surface area contributed by atoms with Crippen molar-refractivity contribution in [1.29, 1.82) is 0 Å². The maximum atomic E-state index is 13.4. The zero-order valence-corrected chi connectivity index (χ0v) is 11.9. The van der Waals surface area contributed by atoms with E-state index in [1.807, 2.05) is 6.92 Å². The Morgan fingerprint density at radius 2 is 2.11 bits per heavy atom. The van der Waals surface area contributed by atoms with Crippen LogP contribution in [0.5, 0.6) is 0 Å². The molecule has 1 aromatic carbocycles. The molecule has 0 saturated heterocycles. The number of hydrogen-bond donors (Lipinski definition) is 1. The van der Waals surface area contributed by atoms with Gasteiger partial charge in [-0.15, -0.1) is 0 Å². The second-order valence-electron chi connectivity index (χ2n) is 4.18. The molecule has 0 unspecified atom stereocenters. The van der Waals surface area contributed by atoms with E-state index >= 15 is 0 Å². The van der Waals surface area contributed by atoms with Crippen molar-refractivity contribution in [2.75, 3.05) is 0 Å². The summed E-state index contributed by atoms with van der Waals surface area (Å²) in [5, 5.41) is 9.17. The zero-order chi connectivity index (χ0) is 14.0. The van der Waals surface area contributed by atoms with E-state index in [4.69, 9.17) is 5.11 Å². The molecule has 1 aromatic heterocycles. The van der Waals surface area contributed by atoms with Gasteiger partial charge in [0.05, 0.1) is 0 Å². The Balaban J connectivity index is 2.61. The van der Waals surface area contributed by atoms with E-state index < -0.39 is 5.97 Å². The van der Waals surface area contributed by atoms with Gasteiger partial charge in [-0.2, -0.15) is 0 Å². The zero-order valence-electron chi connectivity index (χ0n) is 10.4. The first-order valence-corrected chi connectivity index (χ1v) is 6.72. The van der Waals surface area contributed by atoms with E-state index in [2.05, 4.69) is 15.9 Å². The highest BCUT2D eigenvalue weighted by Gasteiger charge is 2.16. The van der Waals surface area contributed by atoms with E-state index in [-0.39, 0.29) is 11.5 Å². The third kappa shape index (κ3) is 2.71. The first-order chi connectivity index (χ1) is 9.04. The molecule has 0 saturated carbocycles. The number of carboxylic acid groups (broad SMARTS) is 1. The van der Waals surface area contributed by atoms with Gasteiger partial charge in [0.25, 0.3) is 0 Å². The lowest BCUT2D eigenvalue weighted by Gasteiger charge is -2.12. The predicted octanol–water partition coefficient (Wildman–Crippen LogP) is 4.16. The van der Waals surface area contributed by atoms with E-state index in [0.29, 0.717) is 17.8 Å². The van der Waals surface area contributed by atoms with Crippen LogP contribution in [0.1, 0.15) is 23.8 Å². The normalized spacial score (nSPS) is 10.7. The SMILES string of the molecule is CCCn1c(C(=O)O)ccc1-c1cc(F)ccc1Br. The van der Waals surface area contributed by atoms with E-state index in [1.54, 1.807) is 22.8 Å². The first-order valence-electron chi connectivity index (χ1n) is 5.92. The average molecular weight is 326 g/mol. The van der Waals surface area contributed by atoms with Crippen molar-refractivity contribution < 1.29 is 14.3 Å². The lowest BCUT2D eigenvalue weighted by molar-refractivity contribution is 0.0685. The monoisotopic (exact) mass is 325 g/mol. The second-order valence-corrected chi connectivity index (χ2v) is 5.04. The molecule has 2 rings (SSSR count). The Hall–Kier alpha value is -1.62. The molecule has 0 amide bonds. The number of aromatic carboxylic acids is 1. The molecule has 1 N–H and O–H groups in total. The van der Waals surface area contributed by atoms with Crippen LogP contribution >= 0.6 is 15.9 Å². The minimum Gasteiger partial charge on any atom is -0.477 e. The topological polar surface area (TPSA) is 42.2 Å². The molecule has 19 heavy (non-hydrogen) atoms. The summed E-state index contributed by atoms with van der Waals surface area (Å²) in [5.41, 5.74) is 1.57. The number of carbonyl (C=O) groups is 1. The molecule has 0 aliphatic heterocycles. The predicted molar refractivity (Wildman–Crippen MR) is 74.8 cm³/mol. The number of halogens is 2. The van der Waals surface area contributed by atoms with Crippen LogP contribution in [0.25, 0.3) is 11.3 Å². The van der Waals surface area contributed by atoms with Crippen molar-refractivity contribution in [2.45, 2.75) is 19.9 Å². The number of hydrogen-bond acceptors (Lipinski definition) is 1. The summed E-state index contributed by atoms with van der Waals surface area (Å²) in [6, 6.07) is 7.63. The summed E-state index contributed by atoms with van der Waals surface area (Å²) in [5.74, 6) is -1.33. The third-order valence-corrected chi connectivity index (χ3v) is 3.54. The van der Waals surface area contributed by atoms with Gasteiger partial charge in [-0.05, 0) is 36.8 Å². The third-order valence-electron chi connectivity index (χ3n) is 2.85. The number of carboxylic acids is 1. The van der Waals surface area contributed by atoms with Crippen molar-refractivity contribution in [2.24, 2.45) is 0 Å². The van der Waals surface area contributed by atoms with Gasteiger partial charge in [0, 0.05) is 22.3 Å². The molecule has 0 bridgehead atoms. The number of rotatable bonds is 4. The lowest BCUT2D eigenvalue weighted by atomic mass is 10.1. The quantitative estimate of drug-likeness (QED) is 0.916. The number of benzene rings is 1. The van der Waals surface area contributed by atoms with Crippen LogP contribution in [-0.4, -0.2) is 15.6 Å². The highest BCUT2D eigenvalue weighted by molar-refractivity contribution is 9.10. The van der Waals surface area contributed by atoms with E-state index in [1.165, 1.54) is 12.1 Å². The summed E-state index contributed by atoms with van der Waals surface area (Å²) in [4.78, 5) is 11.2. The van der Waals surface area contributed by atoms with Crippen molar-refractivity contribution in [3.63, 3.8) is 0 Å². The number of aromatic nitrogens is 1. The summed E-state index contributed by atoms with van der Waals surface area (Å²) in [6.07, 6.45) is 0.800. The molecular weight excluding hydrogens is 313 g/mol. The maximum Gasteiger partial charge on any atom is 0.352 e. The minimum atomic E-state index is -0.979. The summed E-state index contributed by atoms with van der Waals surface area (Å²) < 4.78 is 15.8. The maximum absolute atomic E-state index is 13.4. The summed E-state index contributed by atoms with van der Waals surface area (Å²) in [7, 11) is 0. The van der Waals surface area contributed by atoms with Gasteiger partial charge in [0.1, 0.15) is 11.5 Å². The Morgan fingerprint density at radius 3 is 2.74 bits per heavy atom. The second kappa shape index (κ2) is 5.57. The molecular formula is C14H13BrFNO2. The van der Waals surface area contributed by atoms with Gasteiger partial charge in [0.2, 0.25) is 0 Å². The molecule has 0 fully saturated rings. The van der Waals surface area contributed by atoms with Crippen LogP contribution in [0, 0.1) is 5.82 Å². The Morgan fingerprint density at radius 1 is 1.37 bits per heavy atom. The Bertz CT molecular complexity index is 622. The smallest absolute Gasteiger partial charge is 0.352 e. The summed E-state index contributed by atoms with van der Waals surface area (Å²) >= 11 is 3.37. The fourth-order valence-corrected chi connectivity index (χ4v) is 2.50. The van der Waals surface area contributed by atoms with Gasteiger partial charge in [-0.3, -0.25) is 0 Å². The molecule has 0 radical (unpaired) electrons. The number of nitrogens with zero attached hydrogens (tertiary/aromatic N) is 1. The highest BCUT2D eigenvalue weighted by atomic mass is 79.9. The lowest BCUT2D eigenvalue weighted by Crippen LogP contribution is -2.09. The standard InChI is InChI=1S/C14H13BrFNO2/c1-2-7-17-12(5-6-13(17)14(18)19)10-8-9(16)3-4-11(10)15/h3-6,8H,2,7H2,1H3,(H,18,19). The fourth-order valence-electron chi connectivity index (χ4n) is 2.05. The van der Waals surface area contributed by atoms with Crippen LogP contribution < -0.4 is 0 Å². The fraction of sp³-hybridized carbons (Fsp3) is 0.214. The van der Waals surface area contributed by atoms with Crippen LogP contribution in [0.2, 0.25) is 0 Å². The molecule has 3 nitrogen and oxygen atoms in total. The van der Waals surface area contributed by atoms with Gasteiger partial charge in [-0.25, -0.2) is 9.18 Å². The van der Waals surface area contributed by atoms with Crippen molar-refractivity contribution in [3.8, 4) is 11.3 Å². The highest BCUT2D eigenvalue weighted by Crippen LogP contribution is 2.30. The first kappa shape index (κ1) is 13.8. The Kier molecular flexibility index (Phi) is 4.04. The largest absolute Gasteiger partial charge is 0.477 e. The molecule has 1 heterocycles. The van der Waals surface area contributed by atoms with E-state index in [9.17, 15) is 9.18 Å².